The Morgan fingerprint density at radius 2 is 1.62 bits per heavy atom. The lowest BCUT2D eigenvalue weighted by Gasteiger charge is -2.29. The molecule has 1 fully saturated rings. The van der Waals surface area contributed by atoms with Crippen molar-refractivity contribution in [1.29, 1.82) is 0 Å². The van der Waals surface area contributed by atoms with Crippen LogP contribution in [-0.2, 0) is 11.3 Å². The quantitative estimate of drug-likeness (QED) is 0.625. The fourth-order valence-electron chi connectivity index (χ4n) is 3.88. The molecule has 3 N–H and O–H groups in total. The summed E-state index contributed by atoms with van der Waals surface area (Å²) in [6, 6.07) is 12.3. The average Bonchev–Trinajstić information content (AvgIpc) is 2.72. The first-order chi connectivity index (χ1) is 14.0. The van der Waals surface area contributed by atoms with E-state index < -0.39 is 0 Å². The lowest BCUT2D eigenvalue weighted by atomic mass is 10.1. The fraction of sp³-hybridized carbons (Fsp3) is 0.435. The van der Waals surface area contributed by atoms with Crippen molar-refractivity contribution in [3.8, 4) is 11.5 Å². The van der Waals surface area contributed by atoms with Crippen molar-refractivity contribution < 1.29 is 24.1 Å². The molecular formula is C23H33N3O3+2. The zero-order chi connectivity index (χ0) is 20.8. The van der Waals surface area contributed by atoms with Gasteiger partial charge in [0.15, 0.2) is 18.0 Å². The van der Waals surface area contributed by atoms with Crippen molar-refractivity contribution in [3.63, 3.8) is 0 Å². The Morgan fingerprint density at radius 3 is 2.31 bits per heavy atom. The third-order valence-electron chi connectivity index (χ3n) is 5.64. The van der Waals surface area contributed by atoms with Crippen LogP contribution < -0.4 is 24.6 Å². The molecule has 1 aliphatic heterocycles. The molecule has 1 heterocycles. The number of piperazine rings is 1. The van der Waals surface area contributed by atoms with Crippen LogP contribution in [0.1, 0.15) is 16.7 Å². The second-order valence-electron chi connectivity index (χ2n) is 7.91. The van der Waals surface area contributed by atoms with Crippen LogP contribution in [0.5, 0.6) is 11.5 Å². The predicted octanol–water partition coefficient (Wildman–Crippen LogP) is 0.243. The molecule has 0 radical (unpaired) electrons. The third kappa shape index (κ3) is 5.71. The van der Waals surface area contributed by atoms with Crippen molar-refractivity contribution in [2.45, 2.75) is 20.4 Å². The van der Waals surface area contributed by atoms with Crippen LogP contribution in [-0.4, -0.2) is 52.9 Å². The molecule has 2 aromatic carbocycles. The first-order valence-corrected chi connectivity index (χ1v) is 10.2. The molecule has 156 valence electrons. The van der Waals surface area contributed by atoms with Crippen LogP contribution in [0.3, 0.4) is 0 Å². The molecule has 3 rings (SSSR count). The zero-order valence-electron chi connectivity index (χ0n) is 17.9. The van der Waals surface area contributed by atoms with E-state index in [1.165, 1.54) is 15.4 Å². The molecular weight excluding hydrogens is 366 g/mol. The maximum Gasteiger partial charge on any atom is 0.279 e. The van der Waals surface area contributed by atoms with Gasteiger partial charge in [-0.1, -0.05) is 12.1 Å². The van der Waals surface area contributed by atoms with Crippen molar-refractivity contribution in [2.24, 2.45) is 0 Å². The Morgan fingerprint density at radius 1 is 0.931 bits per heavy atom. The van der Waals surface area contributed by atoms with E-state index in [4.69, 9.17) is 9.47 Å². The number of methoxy groups -OCH3 is 2. The number of carbonyl (C=O) groups is 1. The Kier molecular flexibility index (Phi) is 7.12. The van der Waals surface area contributed by atoms with Crippen LogP contribution in [0.2, 0.25) is 0 Å². The Bertz CT molecular complexity index is 845. The number of hydrogen-bond acceptors (Lipinski definition) is 3. The Hall–Kier alpha value is -2.57. The maximum atomic E-state index is 12.5. The van der Waals surface area contributed by atoms with E-state index in [2.05, 4.69) is 23.5 Å². The maximum absolute atomic E-state index is 12.5. The minimum absolute atomic E-state index is 0.0945. The van der Waals surface area contributed by atoms with Crippen LogP contribution in [0.4, 0.5) is 5.69 Å². The van der Waals surface area contributed by atoms with E-state index in [1.54, 1.807) is 14.2 Å². The van der Waals surface area contributed by atoms with Gasteiger partial charge in [0.1, 0.15) is 32.7 Å². The van der Waals surface area contributed by atoms with Gasteiger partial charge in [0, 0.05) is 11.3 Å². The van der Waals surface area contributed by atoms with Gasteiger partial charge < -0.3 is 24.6 Å². The summed E-state index contributed by atoms with van der Waals surface area (Å²) in [5.41, 5.74) is 4.43. The summed E-state index contributed by atoms with van der Waals surface area (Å²) in [7, 11) is 3.32. The molecule has 0 unspecified atom stereocenters. The first kappa shape index (κ1) is 21.1. The molecule has 2 aromatic rings. The third-order valence-corrected chi connectivity index (χ3v) is 5.64. The first-order valence-electron chi connectivity index (χ1n) is 10.2. The highest BCUT2D eigenvalue weighted by Gasteiger charge is 2.25. The minimum atomic E-state index is 0.0945. The topological polar surface area (TPSA) is 56.4 Å². The number of benzene rings is 2. The highest BCUT2D eigenvalue weighted by molar-refractivity contribution is 5.92. The second-order valence-corrected chi connectivity index (χ2v) is 7.91. The van der Waals surface area contributed by atoms with Gasteiger partial charge in [-0.2, -0.15) is 0 Å². The summed E-state index contributed by atoms with van der Waals surface area (Å²) in [4.78, 5) is 15.4. The molecule has 0 saturated carbocycles. The Balaban J connectivity index is 1.48. The predicted molar refractivity (Wildman–Crippen MR) is 114 cm³/mol. The van der Waals surface area contributed by atoms with Crippen molar-refractivity contribution >= 4 is 11.6 Å². The highest BCUT2D eigenvalue weighted by atomic mass is 16.5. The number of carbonyl (C=O) groups excluding carboxylic acids is 1. The molecule has 6 nitrogen and oxygen atoms in total. The minimum Gasteiger partial charge on any atom is -0.493 e. The number of amides is 1. The SMILES string of the molecule is COc1ccc(C[NH+]2CC[NH+](CC(=O)Nc3cc(C)ccc3C)CC2)cc1OC. The summed E-state index contributed by atoms with van der Waals surface area (Å²) < 4.78 is 10.7. The number of ether oxygens (including phenoxy) is 2. The average molecular weight is 400 g/mol. The summed E-state index contributed by atoms with van der Waals surface area (Å²) >= 11 is 0. The van der Waals surface area contributed by atoms with Crippen LogP contribution in [0.25, 0.3) is 0 Å². The highest BCUT2D eigenvalue weighted by Crippen LogP contribution is 2.27. The number of rotatable bonds is 7. The molecule has 0 aliphatic carbocycles. The van der Waals surface area contributed by atoms with Gasteiger partial charge in [0.2, 0.25) is 0 Å². The number of anilines is 1. The van der Waals surface area contributed by atoms with Gasteiger partial charge in [0.25, 0.3) is 5.91 Å². The summed E-state index contributed by atoms with van der Waals surface area (Å²) in [5, 5.41) is 3.08. The van der Waals surface area contributed by atoms with Crippen LogP contribution in [0, 0.1) is 13.8 Å². The molecule has 0 bridgehead atoms. The zero-order valence-corrected chi connectivity index (χ0v) is 17.9. The van der Waals surface area contributed by atoms with Crippen LogP contribution >= 0.6 is 0 Å². The monoisotopic (exact) mass is 399 g/mol. The van der Waals surface area contributed by atoms with E-state index in [0.29, 0.717) is 6.54 Å². The summed E-state index contributed by atoms with van der Waals surface area (Å²) in [6.07, 6.45) is 0. The van der Waals surface area contributed by atoms with Crippen molar-refractivity contribution in [2.75, 3.05) is 52.3 Å². The standard InChI is InChI=1S/C23H31N3O3/c1-17-5-6-18(2)20(13-17)24-23(27)16-26-11-9-25(10-12-26)15-19-7-8-21(28-3)22(14-19)29-4/h5-8,13-14H,9-12,15-16H2,1-4H3,(H,24,27)/p+2. The van der Waals surface area contributed by atoms with E-state index in [9.17, 15) is 4.79 Å². The smallest absolute Gasteiger partial charge is 0.279 e. The van der Waals surface area contributed by atoms with E-state index in [1.807, 2.05) is 32.0 Å². The number of aryl methyl sites for hydroxylation is 2. The number of hydrogen-bond donors (Lipinski definition) is 3. The lowest BCUT2D eigenvalue weighted by Crippen LogP contribution is -3.28. The van der Waals surface area contributed by atoms with Crippen LogP contribution in [0.15, 0.2) is 36.4 Å². The van der Waals surface area contributed by atoms with E-state index in [-0.39, 0.29) is 5.91 Å². The molecule has 0 spiro atoms. The Labute approximate surface area is 173 Å². The van der Waals surface area contributed by atoms with Gasteiger partial charge in [0.05, 0.1) is 14.2 Å². The number of nitrogens with one attached hydrogen (secondary N) is 3. The van der Waals surface area contributed by atoms with Gasteiger partial charge in [-0.25, -0.2) is 0 Å². The van der Waals surface area contributed by atoms with Gasteiger partial charge in [-0.15, -0.1) is 0 Å². The molecule has 6 heteroatoms. The van der Waals surface area contributed by atoms with Gasteiger partial charge in [-0.3, -0.25) is 4.79 Å². The van der Waals surface area contributed by atoms with E-state index >= 15 is 0 Å². The molecule has 1 amide bonds. The second kappa shape index (κ2) is 9.76. The molecule has 0 atom stereocenters. The summed E-state index contributed by atoms with van der Waals surface area (Å²) in [5.74, 6) is 1.63. The van der Waals surface area contributed by atoms with Crippen molar-refractivity contribution in [1.82, 2.24) is 0 Å². The summed E-state index contributed by atoms with van der Waals surface area (Å²) in [6.45, 7) is 9.67. The fourth-order valence-corrected chi connectivity index (χ4v) is 3.88. The van der Waals surface area contributed by atoms with Gasteiger partial charge in [-0.05, 0) is 49.2 Å². The molecule has 1 aliphatic rings. The van der Waals surface area contributed by atoms with Gasteiger partial charge >= 0.3 is 0 Å². The largest absolute Gasteiger partial charge is 0.493 e. The molecule has 0 aromatic heterocycles. The van der Waals surface area contributed by atoms with Crippen molar-refractivity contribution in [3.05, 3.63) is 53.1 Å². The molecule has 1 saturated heterocycles. The lowest BCUT2D eigenvalue weighted by molar-refractivity contribution is -1.02. The molecule has 29 heavy (non-hydrogen) atoms. The van der Waals surface area contributed by atoms with E-state index in [0.717, 1.165) is 61.0 Å². The number of quaternary nitrogens is 2. The normalized spacial score (nSPS) is 18.9.